The van der Waals surface area contributed by atoms with Crippen LogP contribution in [0.2, 0.25) is 0 Å². The normalized spacial score (nSPS) is 10.7. The number of aromatic amines is 4. The predicted molar refractivity (Wildman–Crippen MR) is 493 cm³/mol. The number of nitrogen functional groups attached to an aromatic ring is 1. The van der Waals surface area contributed by atoms with Crippen LogP contribution in [-0.2, 0) is 47.9 Å². The van der Waals surface area contributed by atoms with Crippen molar-refractivity contribution in [3.63, 3.8) is 0 Å². The Hall–Kier alpha value is -9.58. The summed E-state index contributed by atoms with van der Waals surface area (Å²) in [7, 11) is 18.8. The number of H-pyrrole nitrogens is 4. The van der Waals surface area contributed by atoms with Gasteiger partial charge in [-0.15, -0.1) is 57.2 Å². The largest absolute Gasteiger partial charge is 1.00 e. The quantitative estimate of drug-likeness (QED) is 0.00455. The number of thiazole rings is 3. The van der Waals surface area contributed by atoms with E-state index in [9.17, 15) is 99.4 Å². The smallest absolute Gasteiger partial charge is 0.870 e. The number of Topliss-reactive ketones (excluding diaryl/α,β-unsaturated/α-hetero) is 1. The molecule has 1 fully saturated rings. The first-order valence-electron chi connectivity index (χ1n) is 36.5. The number of carbonyl (C=O) groups is 8. The van der Waals surface area contributed by atoms with Crippen molar-refractivity contribution in [2.45, 2.75) is 67.7 Å². The number of thiocarbonyl (C=S) groups is 1. The first-order chi connectivity index (χ1) is 62.3. The molecule has 2 aliphatic rings. The van der Waals surface area contributed by atoms with E-state index in [0.29, 0.717) is 122 Å². The fourth-order valence-electron chi connectivity index (χ4n) is 10.4. The first kappa shape index (κ1) is 130. The number of nitrogens with zero attached hydrogens (tertiary/aromatic N) is 4. The molecule has 734 valence electrons. The molecule has 0 unspecified atom stereocenters. The van der Waals surface area contributed by atoms with E-state index in [1.165, 1.54) is 79.9 Å². The zero-order valence-corrected chi connectivity index (χ0v) is 83.3. The summed E-state index contributed by atoms with van der Waals surface area (Å²) in [4.78, 5) is 111. The molecule has 5 aromatic carbocycles. The number of ether oxygens (including phenoxy) is 3. The first-order valence-corrected chi connectivity index (χ1v) is 46.2. The molecular formula is C85H79AlCl6F15N11Na2O14S4. The molecule has 12 aromatic rings. The van der Waals surface area contributed by atoms with Gasteiger partial charge in [-0.1, -0.05) is 40.5 Å². The Balaban J connectivity index is 0. The van der Waals surface area contributed by atoms with Crippen molar-refractivity contribution < 1.29 is 193 Å². The van der Waals surface area contributed by atoms with Gasteiger partial charge in [-0.25, -0.2) is 130 Å². The third-order valence-corrected chi connectivity index (χ3v) is 19.7. The molecule has 138 heavy (non-hydrogen) atoms. The van der Waals surface area contributed by atoms with Crippen LogP contribution >= 0.6 is 111 Å². The predicted octanol–water partition coefficient (Wildman–Crippen LogP) is 15.0. The number of aromatic nitrogens is 7. The van der Waals surface area contributed by atoms with Crippen LogP contribution in [0.15, 0.2) is 150 Å². The van der Waals surface area contributed by atoms with Crippen molar-refractivity contribution in [1.29, 1.82) is 0 Å². The van der Waals surface area contributed by atoms with Crippen LogP contribution in [0.25, 0.3) is 33.8 Å². The van der Waals surface area contributed by atoms with Crippen molar-refractivity contribution in [1.82, 2.24) is 39.8 Å². The summed E-state index contributed by atoms with van der Waals surface area (Å²) in [5, 5.41) is 25.6. The van der Waals surface area contributed by atoms with Crippen LogP contribution in [0.3, 0.4) is 0 Å². The number of nitrogens with two attached hydrogens (primary N) is 2. The zero-order chi connectivity index (χ0) is 98.5. The molecule has 1 amide bonds. The second-order valence-electron chi connectivity index (χ2n) is 25.6. The van der Waals surface area contributed by atoms with Crippen molar-refractivity contribution >= 4 is 186 Å². The summed E-state index contributed by atoms with van der Waals surface area (Å²) in [6.07, 6.45) is 14.2. The number of rotatable bonds is 18. The van der Waals surface area contributed by atoms with Crippen LogP contribution in [0, 0.1) is 87.3 Å². The second-order valence-corrected chi connectivity index (χ2v) is 36.2. The Kier molecular flexibility index (Phi) is 61.9. The molecule has 25 nitrogen and oxygen atoms in total. The van der Waals surface area contributed by atoms with Crippen molar-refractivity contribution in [3.05, 3.63) is 297 Å². The number of hydrogen-bond acceptors (Lipinski definition) is 21. The molecule has 14 rings (SSSR count). The van der Waals surface area contributed by atoms with E-state index in [-0.39, 0.29) is 174 Å². The number of methoxy groups -OCH3 is 3. The number of alkyl halides is 2. The van der Waals surface area contributed by atoms with Crippen LogP contribution in [0.1, 0.15) is 132 Å². The molecule has 1 aliphatic carbocycles. The molecule has 1 aliphatic heterocycles. The average Bonchev–Trinajstić information content (AvgIpc) is 1.62. The number of carboxylic acid groups (broad SMARTS) is 2. The number of ketones is 1. The fourth-order valence-corrected chi connectivity index (χ4v) is 13.1. The van der Waals surface area contributed by atoms with Crippen LogP contribution in [0.4, 0.5) is 77.2 Å². The molecule has 0 atom stereocenters. The summed E-state index contributed by atoms with van der Waals surface area (Å²) in [5.74, 6) is -18.7. The van der Waals surface area contributed by atoms with Gasteiger partial charge in [0.05, 0.1) is 65.2 Å². The minimum atomic E-state index is -1.72. The molecule has 0 bridgehead atoms. The standard InChI is InChI=1S/C19H16F3N3OS.C16H11F3N2O2S.C15H9F3N2O2S.C8H8ClNO3.C7H5F3N2S.C7H8O2.C6H4F3N.C2H2Cl2O.C2H4O2.3CH4.Al.3ClH.2Na.H2O/c20-12-6-14(21)13(15(22)7-12)8-18-24-17(10-27-18)11-5-16(23-9-11)19(26)25-3-1-2-4-25;1-23-16(22)13-2-8(6-20-13)14-7-24-15(21-14)5-10-11(18)3-9(17)4-12(10)19;16-8-2-10(17)9(11(18)3-8)4-14-20-13(6-23-14)7-1-12(15(21)22)19-5-7;1-13-8(12)6-2-5(4-10-6)7(11)3-9;8-3-1-4(9)6(5(10)2-3)12-7(11)13;1-9-7(8)6-4-2-3-5-6;7-3-1-4(8)6(10)5(9)2-3;3-1-2(4)5;1-2(3)4;;;;;;;;;;/h5-7,9-10,23H,1-4,8H2;2-4,6-7,20H,5H2,1H3;1-3,5-6,19H,4H2,(H,21,22);2,4,10H,3H2,1H3;1-2H,(H3,11,12,13);2-4H,5H2,1H3;1-2H,10H2;1H2;1H3,(H,3,4);3*1H4;;3*1H;;;1H2/q;;;;;;;;;;;;+3;;;;2*+1;/p-5. The number of carboxylic acids is 2. The van der Waals surface area contributed by atoms with Gasteiger partial charge in [-0.2, -0.15) is 0 Å². The minimum absolute atomic E-state index is 0. The minimum Gasteiger partial charge on any atom is -0.870 e. The Morgan fingerprint density at radius 2 is 0.819 bits per heavy atom. The Labute approximate surface area is 872 Å². The van der Waals surface area contributed by atoms with Gasteiger partial charge in [0.1, 0.15) is 98.1 Å². The summed E-state index contributed by atoms with van der Waals surface area (Å²) in [5.41, 5.74) is 13.7. The number of hydrogen-bond donors (Lipinski definition) is 8. The number of aliphatic carboxylic acids is 1. The Morgan fingerprint density at radius 3 is 1.12 bits per heavy atom. The number of allylic oxidation sites excluding steroid dienone is 3. The van der Waals surface area contributed by atoms with E-state index in [2.05, 4.69) is 66.6 Å². The third kappa shape index (κ3) is 43.7. The molecule has 0 saturated carbocycles. The van der Waals surface area contributed by atoms with E-state index in [1.807, 2.05) is 17.1 Å². The monoisotopic (exact) mass is 2170 g/mol. The van der Waals surface area contributed by atoms with Crippen LogP contribution < -0.4 is 81.0 Å². The number of halogens is 21. The molecule has 53 heteroatoms. The number of aromatic carboxylic acids is 1. The summed E-state index contributed by atoms with van der Waals surface area (Å²) in [6.45, 7) is 2.51. The van der Waals surface area contributed by atoms with E-state index in [1.54, 1.807) is 46.7 Å². The summed E-state index contributed by atoms with van der Waals surface area (Å²) >= 11 is 21.2. The molecule has 0 radical (unpaired) electrons. The molecule has 1 saturated heterocycles. The van der Waals surface area contributed by atoms with Gasteiger partial charge >= 0.3 is 94.4 Å². The number of anilines is 2. The van der Waals surface area contributed by atoms with Crippen LogP contribution in [0.5, 0.6) is 0 Å². The van der Waals surface area contributed by atoms with Crippen molar-refractivity contribution in [2.24, 2.45) is 5.73 Å². The van der Waals surface area contributed by atoms with Gasteiger partial charge in [0, 0.05) is 184 Å². The van der Waals surface area contributed by atoms with Crippen molar-refractivity contribution in [3.8, 4) is 33.8 Å². The number of carbonyl (C=O) groups excluding carboxylic acids is 7. The molecule has 0 spiro atoms. The molecule has 11 N–H and O–H groups in total. The van der Waals surface area contributed by atoms with Gasteiger partial charge in [-0.3, -0.25) is 14.4 Å². The number of nitrogens with one attached hydrogen (secondary N) is 5. The van der Waals surface area contributed by atoms with Gasteiger partial charge in [-0.05, 0) is 74.3 Å². The Morgan fingerprint density at radius 1 is 0.514 bits per heavy atom. The number of likely N-dealkylation sites (tertiary alicyclic amines) is 1. The fraction of sp³-hybridized carbons (Fsp3) is 0.200. The van der Waals surface area contributed by atoms with E-state index >= 15 is 0 Å². The van der Waals surface area contributed by atoms with Gasteiger partial charge < -0.3 is 76.3 Å². The average molecular weight is 2180 g/mol. The zero-order valence-electron chi connectivity index (χ0n) is 70.3. The molecule has 8 heterocycles. The Bertz CT molecular complexity index is 5960. The maximum Gasteiger partial charge on any atom is 1.00 e. The van der Waals surface area contributed by atoms with Crippen LogP contribution in [-0.4, -0.2) is 160 Å². The molecular weight excluding hydrogens is 2100 g/mol. The number of esters is 3. The number of amides is 1. The van der Waals surface area contributed by atoms with Gasteiger partial charge in [0.15, 0.2) is 34.2 Å². The molecule has 7 aromatic heterocycles. The van der Waals surface area contributed by atoms with E-state index in [0.717, 1.165) is 44.0 Å². The maximum absolute atomic E-state index is 13.8. The van der Waals surface area contributed by atoms with E-state index in [4.69, 9.17) is 91.4 Å². The summed E-state index contributed by atoms with van der Waals surface area (Å²) in [6, 6.07) is 12.1. The second kappa shape index (κ2) is 65.4. The SMILES string of the molecule is C.C.C.CC(=O)[O-].COC(=O)C1=CC=CC1.COC(=O)c1cc(-c2csc(Cc3c(F)cc(F)cc3F)n2)c[nH]1.COC(=O)c1cc(C(=O)CCl)c[nH]1.NC(=S)Nc1c(F)cc(F)cc1F.Nc1c(F)cc(F)cc1F.O=C(Cl)CCl.O=C(O)c1cc(-c2csc(Cc3c(F)cc(F)cc3F)n2)c[nH]1.O=C(c1cc(-c2csc(Cc3c(F)cc(F)cc3F)n2)c[nH]1)N1CCCC1.[Cl][Al]([Cl])[Cl].[Na+].[Na+].[OH-]. The number of benzene rings is 5. The maximum atomic E-state index is 13.8. The van der Waals surface area contributed by atoms with Crippen molar-refractivity contribution in [2.75, 3.05) is 57.2 Å². The van der Waals surface area contributed by atoms with Gasteiger partial charge in [0.2, 0.25) is 5.24 Å². The third-order valence-electron chi connectivity index (χ3n) is 16.3. The van der Waals surface area contributed by atoms with Gasteiger partial charge in [0.25, 0.3) is 5.91 Å². The summed E-state index contributed by atoms with van der Waals surface area (Å²) < 4.78 is 209. The van der Waals surface area contributed by atoms with E-state index < -0.39 is 139 Å². The topological polar surface area (TPSA) is 407 Å².